The molecule has 0 aromatic carbocycles. The van der Waals surface area contributed by atoms with Gasteiger partial charge in [-0.3, -0.25) is 4.79 Å². The van der Waals surface area contributed by atoms with Gasteiger partial charge in [0, 0.05) is 4.88 Å². The van der Waals surface area contributed by atoms with Gasteiger partial charge in [0.1, 0.15) is 0 Å². The lowest BCUT2D eigenvalue weighted by Gasteiger charge is -2.02. The third kappa shape index (κ3) is 2.70. The lowest BCUT2D eigenvalue weighted by molar-refractivity contribution is -0.135. The van der Waals surface area contributed by atoms with E-state index in [1.54, 1.807) is 17.4 Å². The molecular formula is C11H14O2S. The van der Waals surface area contributed by atoms with E-state index in [4.69, 9.17) is 5.11 Å². The number of hydrogen-bond acceptors (Lipinski definition) is 2. The summed E-state index contributed by atoms with van der Waals surface area (Å²) in [7, 11) is 0. The molecule has 0 unspecified atom stereocenters. The normalized spacial score (nSPS) is 11.7. The Bertz CT molecular complexity index is 350. The van der Waals surface area contributed by atoms with Crippen LogP contribution in [0.1, 0.15) is 30.2 Å². The van der Waals surface area contributed by atoms with Crippen LogP contribution in [0, 0.1) is 6.92 Å². The molecule has 0 fully saturated rings. The van der Waals surface area contributed by atoms with Crippen molar-refractivity contribution in [3.63, 3.8) is 0 Å². The topological polar surface area (TPSA) is 37.3 Å². The summed E-state index contributed by atoms with van der Waals surface area (Å²) in [4.78, 5) is 11.6. The maximum Gasteiger partial charge on any atom is 0.307 e. The summed E-state index contributed by atoms with van der Waals surface area (Å²) in [6.07, 6.45) is 2.80. The first-order valence-corrected chi connectivity index (χ1v) is 5.48. The molecule has 0 atom stereocenters. The van der Waals surface area contributed by atoms with Crippen molar-refractivity contribution in [3.8, 4) is 0 Å². The molecular weight excluding hydrogens is 196 g/mol. The van der Waals surface area contributed by atoms with Gasteiger partial charge >= 0.3 is 5.97 Å². The molecule has 3 heteroatoms. The van der Waals surface area contributed by atoms with Gasteiger partial charge in [0.25, 0.3) is 0 Å². The lowest BCUT2D eigenvalue weighted by Crippen LogP contribution is -1.92. The Kier molecular flexibility index (Phi) is 3.89. The summed E-state index contributed by atoms with van der Waals surface area (Å²) in [6.45, 7) is 4.10. The second-order valence-corrected chi connectivity index (χ2v) is 4.03. The molecule has 0 saturated heterocycles. The van der Waals surface area contributed by atoms with E-state index in [1.165, 1.54) is 10.4 Å². The van der Waals surface area contributed by atoms with Crippen molar-refractivity contribution in [2.45, 2.75) is 26.7 Å². The third-order valence-corrected chi connectivity index (χ3v) is 3.15. The molecule has 0 aliphatic carbocycles. The van der Waals surface area contributed by atoms with Crippen molar-refractivity contribution in [2.24, 2.45) is 0 Å². The summed E-state index contributed by atoms with van der Waals surface area (Å²) in [5, 5.41) is 10.6. The first-order valence-electron chi connectivity index (χ1n) is 4.60. The van der Waals surface area contributed by atoms with Crippen LogP contribution in [-0.2, 0) is 4.79 Å². The smallest absolute Gasteiger partial charge is 0.307 e. The highest BCUT2D eigenvalue weighted by molar-refractivity contribution is 7.11. The fraction of sp³-hybridized carbons (Fsp3) is 0.364. The van der Waals surface area contributed by atoms with E-state index in [1.807, 2.05) is 12.3 Å². The molecule has 0 spiro atoms. The highest BCUT2D eigenvalue weighted by atomic mass is 32.1. The molecule has 0 bridgehead atoms. The van der Waals surface area contributed by atoms with E-state index >= 15 is 0 Å². The fourth-order valence-corrected chi connectivity index (χ4v) is 2.35. The number of allylic oxidation sites excluding steroid dienone is 1. The fourth-order valence-electron chi connectivity index (χ4n) is 1.31. The average Bonchev–Trinajstić information content (AvgIpc) is 2.53. The minimum Gasteiger partial charge on any atom is -0.481 e. The van der Waals surface area contributed by atoms with E-state index in [0.29, 0.717) is 0 Å². The molecule has 76 valence electrons. The summed E-state index contributed by atoms with van der Waals surface area (Å²) in [6, 6.07) is 2.06. The van der Waals surface area contributed by atoms with Crippen LogP contribution < -0.4 is 0 Å². The van der Waals surface area contributed by atoms with E-state index in [0.717, 1.165) is 12.0 Å². The van der Waals surface area contributed by atoms with E-state index < -0.39 is 5.97 Å². The van der Waals surface area contributed by atoms with Crippen molar-refractivity contribution in [2.75, 3.05) is 0 Å². The molecule has 14 heavy (non-hydrogen) atoms. The lowest BCUT2D eigenvalue weighted by atomic mass is 10.1. The van der Waals surface area contributed by atoms with Crippen LogP contribution >= 0.6 is 11.3 Å². The number of aryl methyl sites for hydroxylation is 1. The number of aliphatic carboxylic acids is 1. The van der Waals surface area contributed by atoms with Crippen molar-refractivity contribution in [1.82, 2.24) is 0 Å². The van der Waals surface area contributed by atoms with Crippen molar-refractivity contribution in [3.05, 3.63) is 28.0 Å². The van der Waals surface area contributed by atoms with Crippen LogP contribution in [0.25, 0.3) is 5.57 Å². The van der Waals surface area contributed by atoms with Crippen molar-refractivity contribution < 1.29 is 9.90 Å². The van der Waals surface area contributed by atoms with Crippen molar-refractivity contribution in [1.29, 1.82) is 0 Å². The Labute approximate surface area is 87.9 Å². The van der Waals surface area contributed by atoms with Gasteiger partial charge in [-0.05, 0) is 35.9 Å². The van der Waals surface area contributed by atoms with E-state index in [9.17, 15) is 4.79 Å². The molecule has 2 nitrogen and oxygen atoms in total. The van der Waals surface area contributed by atoms with Crippen LogP contribution in [0.15, 0.2) is 17.5 Å². The zero-order valence-corrected chi connectivity index (χ0v) is 9.23. The molecule has 1 aromatic heterocycles. The molecule has 1 aromatic rings. The van der Waals surface area contributed by atoms with E-state index in [2.05, 4.69) is 13.0 Å². The zero-order valence-electron chi connectivity index (χ0n) is 8.41. The van der Waals surface area contributed by atoms with Gasteiger partial charge in [0.15, 0.2) is 0 Å². The molecule has 1 heterocycles. The number of hydrogen-bond donors (Lipinski definition) is 1. The molecule has 0 amide bonds. The number of carboxylic acids is 1. The van der Waals surface area contributed by atoms with E-state index in [-0.39, 0.29) is 6.42 Å². The van der Waals surface area contributed by atoms with Crippen LogP contribution in [0.2, 0.25) is 0 Å². The van der Waals surface area contributed by atoms with Gasteiger partial charge < -0.3 is 5.11 Å². The number of thiophene rings is 1. The predicted octanol–water partition coefficient (Wildman–Crippen LogP) is 3.32. The van der Waals surface area contributed by atoms with Gasteiger partial charge in [-0.25, -0.2) is 0 Å². The SMILES string of the molecule is CC/C(=C\CC(=O)O)c1sccc1C. The quantitative estimate of drug-likeness (QED) is 0.827. The molecule has 0 radical (unpaired) electrons. The summed E-state index contributed by atoms with van der Waals surface area (Å²) < 4.78 is 0. The monoisotopic (exact) mass is 210 g/mol. The molecule has 0 aliphatic rings. The van der Waals surface area contributed by atoms with Crippen LogP contribution in [-0.4, -0.2) is 11.1 Å². The third-order valence-electron chi connectivity index (χ3n) is 2.06. The summed E-state index contributed by atoms with van der Waals surface area (Å²) >= 11 is 1.67. The highest BCUT2D eigenvalue weighted by Crippen LogP contribution is 2.27. The Morgan fingerprint density at radius 3 is 2.79 bits per heavy atom. The van der Waals surface area contributed by atoms with Gasteiger partial charge in [-0.1, -0.05) is 13.0 Å². The Morgan fingerprint density at radius 2 is 2.36 bits per heavy atom. The Balaban J connectivity index is 2.87. The minimum atomic E-state index is -0.773. The Hall–Kier alpha value is -1.09. The van der Waals surface area contributed by atoms with Crippen LogP contribution in [0.3, 0.4) is 0 Å². The number of rotatable bonds is 4. The molecule has 0 saturated carbocycles. The minimum absolute atomic E-state index is 0.112. The first kappa shape index (κ1) is 11.0. The molecule has 1 rings (SSSR count). The van der Waals surface area contributed by atoms with Crippen LogP contribution in [0.5, 0.6) is 0 Å². The predicted molar refractivity (Wildman–Crippen MR) is 59.6 cm³/mol. The molecule has 0 aliphatic heterocycles. The van der Waals surface area contributed by atoms with Crippen molar-refractivity contribution >= 4 is 22.9 Å². The number of carbonyl (C=O) groups is 1. The standard InChI is InChI=1S/C11H14O2S/c1-3-9(4-5-10(12)13)11-8(2)6-7-14-11/h4,6-7H,3,5H2,1-2H3,(H,12,13)/b9-4+. The largest absolute Gasteiger partial charge is 0.481 e. The van der Waals surface area contributed by atoms with Gasteiger partial charge in [-0.15, -0.1) is 11.3 Å². The average molecular weight is 210 g/mol. The van der Waals surface area contributed by atoms with Gasteiger partial charge in [-0.2, -0.15) is 0 Å². The first-order chi connectivity index (χ1) is 6.65. The van der Waals surface area contributed by atoms with Crippen LogP contribution in [0.4, 0.5) is 0 Å². The Morgan fingerprint density at radius 1 is 1.64 bits per heavy atom. The maximum absolute atomic E-state index is 10.4. The second kappa shape index (κ2) is 4.96. The molecule has 1 N–H and O–H groups in total. The maximum atomic E-state index is 10.4. The zero-order chi connectivity index (χ0) is 10.6. The second-order valence-electron chi connectivity index (χ2n) is 3.11. The highest BCUT2D eigenvalue weighted by Gasteiger charge is 2.05. The summed E-state index contributed by atoms with van der Waals surface area (Å²) in [5.41, 5.74) is 2.37. The van der Waals surface area contributed by atoms with Gasteiger partial charge in [0.2, 0.25) is 0 Å². The number of carboxylic acid groups (broad SMARTS) is 1. The van der Waals surface area contributed by atoms with Gasteiger partial charge in [0.05, 0.1) is 6.42 Å². The summed E-state index contributed by atoms with van der Waals surface area (Å²) in [5.74, 6) is -0.773.